The van der Waals surface area contributed by atoms with Crippen LogP contribution in [0.15, 0.2) is 36.0 Å². The van der Waals surface area contributed by atoms with Crippen molar-refractivity contribution in [3.8, 4) is 0 Å². The lowest BCUT2D eigenvalue weighted by Gasteiger charge is -2.26. The van der Waals surface area contributed by atoms with Gasteiger partial charge in [0.25, 0.3) is 5.91 Å². The van der Waals surface area contributed by atoms with Crippen LogP contribution in [-0.2, 0) is 9.59 Å². The summed E-state index contributed by atoms with van der Waals surface area (Å²) in [4.78, 5) is 24.8. The SMILES string of the molecule is C=CC1=C(/C=C\C)CN(C(C=O)C(C)C)C1=O. The molecule has 92 valence electrons. The molecule has 1 rings (SSSR count). The van der Waals surface area contributed by atoms with Gasteiger partial charge in [0.2, 0.25) is 0 Å². The van der Waals surface area contributed by atoms with Gasteiger partial charge in [-0.1, -0.05) is 38.7 Å². The van der Waals surface area contributed by atoms with Gasteiger partial charge in [-0.25, -0.2) is 0 Å². The summed E-state index contributed by atoms with van der Waals surface area (Å²) in [5, 5.41) is 0. The van der Waals surface area contributed by atoms with Crippen molar-refractivity contribution in [1.29, 1.82) is 0 Å². The summed E-state index contributed by atoms with van der Waals surface area (Å²) in [5.74, 6) is 0.0198. The maximum absolute atomic E-state index is 12.1. The van der Waals surface area contributed by atoms with E-state index in [0.717, 1.165) is 11.9 Å². The molecule has 0 spiro atoms. The van der Waals surface area contributed by atoms with E-state index in [4.69, 9.17) is 0 Å². The average molecular weight is 233 g/mol. The van der Waals surface area contributed by atoms with Crippen LogP contribution >= 0.6 is 0 Å². The molecule has 0 radical (unpaired) electrons. The minimum atomic E-state index is -0.361. The molecule has 1 aliphatic rings. The van der Waals surface area contributed by atoms with E-state index in [1.54, 1.807) is 11.0 Å². The highest BCUT2D eigenvalue weighted by molar-refractivity contribution is 6.01. The minimum absolute atomic E-state index is 0.0982. The van der Waals surface area contributed by atoms with Crippen molar-refractivity contribution in [3.05, 3.63) is 36.0 Å². The van der Waals surface area contributed by atoms with Gasteiger partial charge in [0.05, 0.1) is 6.04 Å². The monoisotopic (exact) mass is 233 g/mol. The molecule has 0 saturated carbocycles. The molecule has 1 amide bonds. The van der Waals surface area contributed by atoms with Crippen molar-refractivity contribution < 1.29 is 9.59 Å². The third-order valence-corrected chi connectivity index (χ3v) is 2.93. The third-order valence-electron chi connectivity index (χ3n) is 2.93. The van der Waals surface area contributed by atoms with Gasteiger partial charge in [0.1, 0.15) is 6.29 Å². The Morgan fingerprint density at radius 1 is 1.41 bits per heavy atom. The molecule has 0 fully saturated rings. The largest absolute Gasteiger partial charge is 0.324 e. The number of aldehydes is 1. The minimum Gasteiger partial charge on any atom is -0.324 e. The molecular formula is C14H19NO2. The highest BCUT2D eigenvalue weighted by Gasteiger charge is 2.33. The van der Waals surface area contributed by atoms with Crippen LogP contribution in [0.3, 0.4) is 0 Å². The molecule has 0 aliphatic carbocycles. The van der Waals surface area contributed by atoms with Crippen LogP contribution in [0, 0.1) is 5.92 Å². The maximum atomic E-state index is 12.1. The number of nitrogens with zero attached hydrogens (tertiary/aromatic N) is 1. The molecule has 1 unspecified atom stereocenters. The van der Waals surface area contributed by atoms with E-state index >= 15 is 0 Å². The summed E-state index contributed by atoms with van der Waals surface area (Å²) >= 11 is 0. The summed E-state index contributed by atoms with van der Waals surface area (Å²) in [6.45, 7) is 9.93. The summed E-state index contributed by atoms with van der Waals surface area (Å²) in [5.41, 5.74) is 1.54. The van der Waals surface area contributed by atoms with E-state index in [1.165, 1.54) is 0 Å². The Hall–Kier alpha value is -1.64. The smallest absolute Gasteiger partial charge is 0.255 e. The molecule has 1 heterocycles. The van der Waals surface area contributed by atoms with Gasteiger partial charge >= 0.3 is 0 Å². The molecule has 0 aromatic carbocycles. The molecule has 0 N–H and O–H groups in total. The first-order chi connectivity index (χ1) is 8.06. The number of amides is 1. The first-order valence-electron chi connectivity index (χ1n) is 5.81. The van der Waals surface area contributed by atoms with Crippen molar-refractivity contribution in [1.82, 2.24) is 4.90 Å². The second kappa shape index (κ2) is 5.62. The van der Waals surface area contributed by atoms with Gasteiger partial charge in [0.15, 0.2) is 0 Å². The second-order valence-electron chi connectivity index (χ2n) is 4.45. The average Bonchev–Trinajstić information content (AvgIpc) is 2.57. The normalized spacial score (nSPS) is 18.4. The zero-order valence-corrected chi connectivity index (χ0v) is 10.6. The molecule has 1 aliphatic heterocycles. The Bertz CT molecular complexity index is 391. The van der Waals surface area contributed by atoms with E-state index < -0.39 is 0 Å². The topological polar surface area (TPSA) is 37.4 Å². The number of carbonyl (C=O) groups excluding carboxylic acids is 2. The fourth-order valence-corrected chi connectivity index (χ4v) is 2.03. The van der Waals surface area contributed by atoms with Gasteiger partial charge in [-0.2, -0.15) is 0 Å². The van der Waals surface area contributed by atoms with Gasteiger partial charge in [-0.05, 0) is 18.4 Å². The van der Waals surface area contributed by atoms with Gasteiger partial charge in [-0.15, -0.1) is 0 Å². The lowest BCUT2D eigenvalue weighted by molar-refractivity contribution is -0.132. The van der Waals surface area contributed by atoms with Gasteiger partial charge < -0.3 is 9.69 Å². The van der Waals surface area contributed by atoms with Crippen molar-refractivity contribution in [2.75, 3.05) is 6.54 Å². The summed E-state index contributed by atoms with van der Waals surface area (Å²) in [6.07, 6.45) is 6.21. The van der Waals surface area contributed by atoms with Crippen LogP contribution in [0.5, 0.6) is 0 Å². The molecule has 3 heteroatoms. The molecule has 0 aromatic heterocycles. The van der Waals surface area contributed by atoms with Crippen LogP contribution in [0.1, 0.15) is 20.8 Å². The third kappa shape index (κ3) is 2.54. The van der Waals surface area contributed by atoms with Crippen molar-refractivity contribution in [2.45, 2.75) is 26.8 Å². The van der Waals surface area contributed by atoms with Gasteiger partial charge in [0, 0.05) is 12.1 Å². The van der Waals surface area contributed by atoms with Gasteiger partial charge in [-0.3, -0.25) is 4.79 Å². The highest BCUT2D eigenvalue weighted by Crippen LogP contribution is 2.25. The van der Waals surface area contributed by atoms with Crippen LogP contribution in [0.4, 0.5) is 0 Å². The zero-order chi connectivity index (χ0) is 13.0. The maximum Gasteiger partial charge on any atom is 0.255 e. The molecule has 0 saturated heterocycles. The van der Waals surface area contributed by atoms with Crippen LogP contribution in [0.25, 0.3) is 0 Å². The van der Waals surface area contributed by atoms with E-state index in [1.807, 2.05) is 32.9 Å². The molecule has 0 aromatic rings. The lowest BCUT2D eigenvalue weighted by atomic mass is 10.0. The first-order valence-corrected chi connectivity index (χ1v) is 5.81. The highest BCUT2D eigenvalue weighted by atomic mass is 16.2. The van der Waals surface area contributed by atoms with E-state index in [0.29, 0.717) is 12.1 Å². The Morgan fingerprint density at radius 3 is 2.47 bits per heavy atom. The lowest BCUT2D eigenvalue weighted by Crippen LogP contribution is -2.42. The predicted octanol–water partition coefficient (Wildman–Crippen LogP) is 2.11. The molecule has 3 nitrogen and oxygen atoms in total. The van der Waals surface area contributed by atoms with Crippen LogP contribution in [0.2, 0.25) is 0 Å². The number of allylic oxidation sites excluding steroid dienone is 1. The number of carbonyl (C=O) groups is 2. The summed E-state index contributed by atoms with van der Waals surface area (Å²) in [7, 11) is 0. The number of hydrogen-bond donors (Lipinski definition) is 0. The standard InChI is InChI=1S/C14H19NO2/c1-5-7-11-8-15(13(9-16)10(3)4)14(17)12(11)6-2/h5-7,9-10,13H,2,8H2,1,3-4H3/b7-5-. The van der Waals surface area contributed by atoms with Crippen molar-refractivity contribution in [3.63, 3.8) is 0 Å². The van der Waals surface area contributed by atoms with Crippen LogP contribution < -0.4 is 0 Å². The second-order valence-corrected chi connectivity index (χ2v) is 4.45. The fourth-order valence-electron chi connectivity index (χ4n) is 2.03. The van der Waals surface area contributed by atoms with E-state index in [-0.39, 0.29) is 17.9 Å². The number of hydrogen-bond acceptors (Lipinski definition) is 2. The Morgan fingerprint density at radius 2 is 2.06 bits per heavy atom. The van der Waals surface area contributed by atoms with E-state index in [9.17, 15) is 9.59 Å². The molecule has 0 bridgehead atoms. The number of rotatable bonds is 5. The van der Waals surface area contributed by atoms with Crippen molar-refractivity contribution in [2.24, 2.45) is 5.92 Å². The Kier molecular flexibility index (Phi) is 4.44. The fraction of sp³-hybridized carbons (Fsp3) is 0.429. The molecule has 1 atom stereocenters. The van der Waals surface area contributed by atoms with E-state index in [2.05, 4.69) is 6.58 Å². The van der Waals surface area contributed by atoms with Crippen LogP contribution in [-0.4, -0.2) is 29.7 Å². The summed E-state index contributed by atoms with van der Waals surface area (Å²) in [6, 6.07) is -0.361. The molecule has 17 heavy (non-hydrogen) atoms. The summed E-state index contributed by atoms with van der Waals surface area (Å²) < 4.78 is 0. The Balaban J connectivity index is 3.02. The quantitative estimate of drug-likeness (QED) is 0.682. The first kappa shape index (κ1) is 13.4. The molecular weight excluding hydrogens is 214 g/mol. The predicted molar refractivity (Wildman–Crippen MR) is 68.4 cm³/mol. The zero-order valence-electron chi connectivity index (χ0n) is 10.6. The Labute approximate surface area is 102 Å². The van der Waals surface area contributed by atoms with Crippen molar-refractivity contribution >= 4 is 12.2 Å².